The zero-order valence-electron chi connectivity index (χ0n) is 7.92. The van der Waals surface area contributed by atoms with E-state index in [-0.39, 0.29) is 0 Å². The molecule has 3 atom stereocenters. The van der Waals surface area contributed by atoms with Gasteiger partial charge in [-0.2, -0.15) is 0 Å². The first kappa shape index (κ1) is 8.24. The number of Topliss-reactive ketones (excluding diaryl/α,β-unsaturated/α-hetero) is 1. The molecule has 1 heterocycles. The molecular formula is C10H17NO. The van der Waals surface area contributed by atoms with Crippen molar-refractivity contribution < 1.29 is 4.79 Å². The molecule has 2 nitrogen and oxygen atoms in total. The second-order valence-corrected chi connectivity index (χ2v) is 4.37. The highest BCUT2D eigenvalue weighted by molar-refractivity contribution is 5.76. The van der Waals surface area contributed by atoms with Crippen molar-refractivity contribution in [1.82, 2.24) is 4.90 Å². The van der Waals surface area contributed by atoms with Crippen LogP contribution >= 0.6 is 0 Å². The molecule has 0 spiro atoms. The summed E-state index contributed by atoms with van der Waals surface area (Å²) >= 11 is 0. The van der Waals surface area contributed by atoms with Gasteiger partial charge in [0.05, 0.1) is 0 Å². The fourth-order valence-electron chi connectivity index (χ4n) is 2.92. The first-order valence-corrected chi connectivity index (χ1v) is 4.90. The van der Waals surface area contributed by atoms with E-state index >= 15 is 0 Å². The number of fused-ring (bicyclic) bond motifs is 2. The van der Waals surface area contributed by atoms with Crippen molar-refractivity contribution in [3.63, 3.8) is 0 Å². The van der Waals surface area contributed by atoms with E-state index in [1.807, 2.05) is 0 Å². The maximum atomic E-state index is 11.0. The Kier molecular flexibility index (Phi) is 1.95. The van der Waals surface area contributed by atoms with E-state index in [1.54, 1.807) is 6.92 Å². The summed E-state index contributed by atoms with van der Waals surface area (Å²) in [7, 11) is 2.18. The van der Waals surface area contributed by atoms with Crippen molar-refractivity contribution >= 4 is 5.78 Å². The van der Waals surface area contributed by atoms with Gasteiger partial charge in [-0.15, -0.1) is 0 Å². The van der Waals surface area contributed by atoms with Gasteiger partial charge in [0, 0.05) is 18.5 Å². The fraction of sp³-hybridized carbons (Fsp3) is 0.900. The zero-order chi connectivity index (χ0) is 8.72. The molecule has 12 heavy (non-hydrogen) atoms. The molecule has 1 aliphatic heterocycles. The third-order valence-electron chi connectivity index (χ3n) is 3.59. The van der Waals surface area contributed by atoms with Gasteiger partial charge in [0.1, 0.15) is 5.78 Å². The topological polar surface area (TPSA) is 20.3 Å². The molecule has 0 aromatic rings. The molecule has 2 rings (SSSR count). The Balaban J connectivity index is 2.02. The highest BCUT2D eigenvalue weighted by Gasteiger charge is 2.43. The average molecular weight is 167 g/mol. The van der Waals surface area contributed by atoms with Crippen LogP contribution < -0.4 is 0 Å². The van der Waals surface area contributed by atoms with E-state index in [2.05, 4.69) is 11.9 Å². The minimum Gasteiger partial charge on any atom is -0.300 e. The van der Waals surface area contributed by atoms with Gasteiger partial charge in [-0.05, 0) is 39.2 Å². The van der Waals surface area contributed by atoms with Gasteiger partial charge in [0.2, 0.25) is 0 Å². The van der Waals surface area contributed by atoms with E-state index in [1.165, 1.54) is 19.3 Å². The van der Waals surface area contributed by atoms with Crippen LogP contribution in [0, 0.1) is 5.92 Å². The first-order chi connectivity index (χ1) is 5.68. The summed E-state index contributed by atoms with van der Waals surface area (Å²) in [5.74, 6) is 1.17. The lowest BCUT2D eigenvalue weighted by Gasteiger charge is -2.31. The summed E-state index contributed by atoms with van der Waals surface area (Å²) in [6, 6.07) is 1.36. The third kappa shape index (κ3) is 1.18. The Bertz CT molecular complexity index is 200. The standard InChI is InChI=1S/C10H17NO/c1-7(12)5-10-8-3-4-9(6-8)11(10)2/h8-10H,3-6H2,1-2H3. The lowest BCUT2D eigenvalue weighted by molar-refractivity contribution is -0.118. The summed E-state index contributed by atoms with van der Waals surface area (Å²) in [4.78, 5) is 13.4. The number of hydrogen-bond acceptors (Lipinski definition) is 2. The summed E-state index contributed by atoms with van der Waals surface area (Å²) in [6.07, 6.45) is 4.83. The number of ketones is 1. The van der Waals surface area contributed by atoms with Crippen LogP contribution in [0.2, 0.25) is 0 Å². The number of nitrogens with zero attached hydrogens (tertiary/aromatic N) is 1. The number of hydrogen-bond donors (Lipinski definition) is 0. The van der Waals surface area contributed by atoms with Gasteiger partial charge in [0.25, 0.3) is 0 Å². The largest absolute Gasteiger partial charge is 0.300 e. The molecule has 3 unspecified atom stereocenters. The smallest absolute Gasteiger partial charge is 0.131 e. The van der Waals surface area contributed by atoms with Gasteiger partial charge >= 0.3 is 0 Å². The van der Waals surface area contributed by atoms with E-state index in [0.717, 1.165) is 18.4 Å². The number of carbonyl (C=O) groups excluding carboxylic acids is 1. The lowest BCUT2D eigenvalue weighted by atomic mass is 9.95. The van der Waals surface area contributed by atoms with Crippen LogP contribution in [-0.2, 0) is 4.79 Å². The number of likely N-dealkylation sites (tertiary alicyclic amines) is 1. The molecule has 0 amide bonds. The molecule has 2 bridgehead atoms. The maximum absolute atomic E-state index is 11.0. The van der Waals surface area contributed by atoms with Gasteiger partial charge in [-0.1, -0.05) is 0 Å². The molecule has 1 saturated heterocycles. The molecule has 2 fully saturated rings. The fourth-order valence-corrected chi connectivity index (χ4v) is 2.92. The maximum Gasteiger partial charge on any atom is 0.131 e. The van der Waals surface area contributed by atoms with Crippen molar-refractivity contribution in [2.45, 2.75) is 44.7 Å². The minimum atomic E-state index is 0.347. The van der Waals surface area contributed by atoms with Crippen LogP contribution in [0.1, 0.15) is 32.6 Å². The lowest BCUT2D eigenvalue weighted by Crippen LogP contribution is -2.38. The first-order valence-electron chi connectivity index (χ1n) is 4.90. The summed E-state index contributed by atoms with van der Waals surface area (Å²) < 4.78 is 0. The van der Waals surface area contributed by atoms with Crippen LogP contribution in [0.3, 0.4) is 0 Å². The predicted octanol–water partition coefficient (Wildman–Crippen LogP) is 1.45. The quantitative estimate of drug-likeness (QED) is 0.620. The molecule has 68 valence electrons. The van der Waals surface area contributed by atoms with Crippen molar-refractivity contribution in [1.29, 1.82) is 0 Å². The normalized spacial score (nSPS) is 40.7. The monoisotopic (exact) mass is 167 g/mol. The van der Waals surface area contributed by atoms with Crippen LogP contribution in [0.5, 0.6) is 0 Å². The highest BCUT2D eigenvalue weighted by atomic mass is 16.1. The Morgan fingerprint density at radius 1 is 1.50 bits per heavy atom. The highest BCUT2D eigenvalue weighted by Crippen LogP contribution is 2.42. The number of piperidine rings is 1. The van der Waals surface area contributed by atoms with Crippen molar-refractivity contribution in [2.75, 3.05) is 7.05 Å². The Hall–Kier alpha value is -0.370. The molecule has 0 aromatic heterocycles. The van der Waals surface area contributed by atoms with E-state index in [0.29, 0.717) is 11.8 Å². The van der Waals surface area contributed by atoms with E-state index < -0.39 is 0 Å². The van der Waals surface area contributed by atoms with Crippen molar-refractivity contribution in [3.8, 4) is 0 Å². The summed E-state index contributed by atoms with van der Waals surface area (Å²) in [6.45, 7) is 1.71. The van der Waals surface area contributed by atoms with Crippen molar-refractivity contribution in [3.05, 3.63) is 0 Å². The summed E-state index contributed by atoms with van der Waals surface area (Å²) in [5, 5.41) is 0. The average Bonchev–Trinajstić information content (AvgIpc) is 2.53. The SMILES string of the molecule is CC(=O)CC1C2CCC(C2)N1C. The molecule has 0 N–H and O–H groups in total. The van der Waals surface area contributed by atoms with E-state index in [4.69, 9.17) is 0 Å². The number of rotatable bonds is 2. The van der Waals surface area contributed by atoms with Gasteiger partial charge < -0.3 is 0 Å². The molecule has 2 heteroatoms. The zero-order valence-corrected chi connectivity index (χ0v) is 7.92. The van der Waals surface area contributed by atoms with E-state index in [9.17, 15) is 4.79 Å². The van der Waals surface area contributed by atoms with Crippen LogP contribution in [0.25, 0.3) is 0 Å². The Morgan fingerprint density at radius 2 is 2.25 bits per heavy atom. The molecule has 2 aliphatic rings. The molecule has 1 aliphatic carbocycles. The Morgan fingerprint density at radius 3 is 2.75 bits per heavy atom. The second kappa shape index (κ2) is 2.84. The molecular weight excluding hydrogens is 150 g/mol. The van der Waals surface area contributed by atoms with Gasteiger partial charge in [0.15, 0.2) is 0 Å². The minimum absolute atomic E-state index is 0.347. The predicted molar refractivity (Wildman–Crippen MR) is 48.0 cm³/mol. The van der Waals surface area contributed by atoms with Gasteiger partial charge in [-0.25, -0.2) is 0 Å². The molecule has 0 aromatic carbocycles. The van der Waals surface area contributed by atoms with Crippen LogP contribution in [-0.4, -0.2) is 29.8 Å². The molecule has 1 saturated carbocycles. The van der Waals surface area contributed by atoms with Gasteiger partial charge in [-0.3, -0.25) is 9.69 Å². The summed E-state index contributed by atoms with van der Waals surface area (Å²) in [5.41, 5.74) is 0. The molecule has 0 radical (unpaired) electrons. The number of carbonyl (C=O) groups is 1. The Labute approximate surface area is 73.9 Å². The van der Waals surface area contributed by atoms with Crippen LogP contribution in [0.15, 0.2) is 0 Å². The third-order valence-corrected chi connectivity index (χ3v) is 3.59. The van der Waals surface area contributed by atoms with Crippen LogP contribution in [0.4, 0.5) is 0 Å². The second-order valence-electron chi connectivity index (χ2n) is 4.37. The van der Waals surface area contributed by atoms with Crippen molar-refractivity contribution in [2.24, 2.45) is 5.92 Å².